The van der Waals surface area contributed by atoms with E-state index in [4.69, 9.17) is 4.74 Å². The molecule has 3 aromatic rings. The molecule has 0 spiro atoms. The Balaban J connectivity index is 1.35. The minimum absolute atomic E-state index is 0.0612. The molecular formula is C20H20N4O2S. The van der Waals surface area contributed by atoms with Gasteiger partial charge in [-0.1, -0.05) is 36.0 Å². The maximum atomic E-state index is 12.3. The Bertz CT molecular complexity index is 921. The summed E-state index contributed by atoms with van der Waals surface area (Å²) >= 11 is 1.40. The van der Waals surface area contributed by atoms with Gasteiger partial charge in [-0.15, -0.1) is 5.10 Å². The first-order valence-electron chi connectivity index (χ1n) is 8.85. The van der Waals surface area contributed by atoms with Gasteiger partial charge < -0.3 is 15.0 Å². The number of fused-ring (bicyclic) bond motifs is 1. The van der Waals surface area contributed by atoms with Crippen molar-refractivity contribution in [1.29, 1.82) is 0 Å². The summed E-state index contributed by atoms with van der Waals surface area (Å²) in [5, 5.41) is 13.9. The van der Waals surface area contributed by atoms with Crippen molar-refractivity contribution in [3.63, 3.8) is 0 Å². The number of amides is 1. The molecule has 0 saturated carbocycles. The minimum Gasteiger partial charge on any atom is -0.378 e. The van der Waals surface area contributed by atoms with E-state index in [1.807, 2.05) is 48.5 Å². The average Bonchev–Trinajstić information content (AvgIpc) is 2.73. The van der Waals surface area contributed by atoms with Gasteiger partial charge in [0.25, 0.3) is 0 Å². The number of thioether (sulfide) groups is 1. The standard InChI is InChI=1S/C20H20N4O2S/c25-19(14-27-20-18-4-2-1-3-15(18)13-21-23-20)22-16-5-7-17(8-6-16)24-9-11-26-12-10-24/h1-8,13H,9-12,14H2,(H,22,25). The molecule has 1 aliphatic rings. The van der Waals surface area contributed by atoms with Gasteiger partial charge in [-0.25, -0.2) is 0 Å². The Morgan fingerprint density at radius 3 is 2.70 bits per heavy atom. The van der Waals surface area contributed by atoms with Crippen LogP contribution in [-0.4, -0.2) is 48.2 Å². The number of hydrogen-bond donors (Lipinski definition) is 1. The molecule has 1 saturated heterocycles. The zero-order chi connectivity index (χ0) is 18.5. The van der Waals surface area contributed by atoms with Crippen LogP contribution in [0.1, 0.15) is 0 Å². The number of benzene rings is 2. The fourth-order valence-electron chi connectivity index (χ4n) is 3.02. The topological polar surface area (TPSA) is 67.4 Å². The summed E-state index contributed by atoms with van der Waals surface area (Å²) in [6.07, 6.45) is 1.73. The Kier molecular flexibility index (Phi) is 5.50. The van der Waals surface area contributed by atoms with Gasteiger partial charge >= 0.3 is 0 Å². The van der Waals surface area contributed by atoms with Gasteiger partial charge in [-0.3, -0.25) is 4.79 Å². The predicted molar refractivity (Wildman–Crippen MR) is 108 cm³/mol. The first kappa shape index (κ1) is 17.8. The number of carbonyl (C=O) groups is 1. The van der Waals surface area contributed by atoms with Crippen molar-refractivity contribution in [1.82, 2.24) is 10.2 Å². The molecule has 138 valence electrons. The van der Waals surface area contributed by atoms with E-state index >= 15 is 0 Å². The summed E-state index contributed by atoms with van der Waals surface area (Å²) in [4.78, 5) is 14.6. The number of hydrogen-bond acceptors (Lipinski definition) is 6. The summed E-state index contributed by atoms with van der Waals surface area (Å²) in [7, 11) is 0. The van der Waals surface area contributed by atoms with Crippen LogP contribution in [-0.2, 0) is 9.53 Å². The van der Waals surface area contributed by atoms with Crippen molar-refractivity contribution < 1.29 is 9.53 Å². The van der Waals surface area contributed by atoms with Gasteiger partial charge in [0.15, 0.2) is 0 Å². The minimum atomic E-state index is -0.0612. The van der Waals surface area contributed by atoms with Gasteiger partial charge in [0.2, 0.25) is 5.91 Å². The highest BCUT2D eigenvalue weighted by Crippen LogP contribution is 2.25. The number of nitrogens with one attached hydrogen (secondary N) is 1. The zero-order valence-electron chi connectivity index (χ0n) is 14.8. The van der Waals surface area contributed by atoms with E-state index in [9.17, 15) is 4.79 Å². The Morgan fingerprint density at radius 1 is 1.11 bits per heavy atom. The predicted octanol–water partition coefficient (Wildman–Crippen LogP) is 3.20. The molecule has 1 aromatic heterocycles. The first-order chi connectivity index (χ1) is 13.3. The van der Waals surface area contributed by atoms with E-state index in [1.54, 1.807) is 6.20 Å². The smallest absolute Gasteiger partial charge is 0.234 e. The molecule has 2 aromatic carbocycles. The summed E-state index contributed by atoms with van der Waals surface area (Å²) < 4.78 is 5.38. The van der Waals surface area contributed by atoms with E-state index in [0.29, 0.717) is 0 Å². The zero-order valence-corrected chi connectivity index (χ0v) is 15.6. The third-order valence-corrected chi connectivity index (χ3v) is 5.39. The highest BCUT2D eigenvalue weighted by atomic mass is 32.2. The lowest BCUT2D eigenvalue weighted by Crippen LogP contribution is -2.36. The fraction of sp³-hybridized carbons (Fsp3) is 0.250. The van der Waals surface area contributed by atoms with Crippen molar-refractivity contribution in [3.8, 4) is 0 Å². The highest BCUT2D eigenvalue weighted by molar-refractivity contribution is 8.00. The van der Waals surface area contributed by atoms with E-state index in [-0.39, 0.29) is 11.7 Å². The Hall–Kier alpha value is -2.64. The number of rotatable bonds is 5. The third-order valence-electron chi connectivity index (χ3n) is 4.40. The maximum absolute atomic E-state index is 12.3. The summed E-state index contributed by atoms with van der Waals surface area (Å²) in [5.74, 6) is 0.224. The number of ether oxygens (including phenoxy) is 1. The summed E-state index contributed by atoms with van der Waals surface area (Å²) in [6, 6.07) is 15.8. The summed E-state index contributed by atoms with van der Waals surface area (Å²) in [6.45, 7) is 3.31. The third kappa shape index (κ3) is 4.37. The van der Waals surface area contributed by atoms with Crippen LogP contribution in [0.15, 0.2) is 59.8 Å². The van der Waals surface area contributed by atoms with Gasteiger partial charge in [0.05, 0.1) is 25.2 Å². The van der Waals surface area contributed by atoms with Crippen LogP contribution in [0.5, 0.6) is 0 Å². The lowest BCUT2D eigenvalue weighted by molar-refractivity contribution is -0.113. The van der Waals surface area contributed by atoms with Gasteiger partial charge in [-0.2, -0.15) is 5.10 Å². The summed E-state index contributed by atoms with van der Waals surface area (Å²) in [5.41, 5.74) is 1.94. The van der Waals surface area contributed by atoms with Gasteiger partial charge in [0, 0.05) is 35.2 Å². The molecule has 1 N–H and O–H groups in total. The largest absolute Gasteiger partial charge is 0.378 e. The molecule has 0 atom stereocenters. The lowest BCUT2D eigenvalue weighted by Gasteiger charge is -2.28. The molecule has 7 heteroatoms. The van der Waals surface area contributed by atoms with Gasteiger partial charge in [-0.05, 0) is 24.3 Å². The van der Waals surface area contributed by atoms with Gasteiger partial charge in [0.1, 0.15) is 5.03 Å². The van der Waals surface area contributed by atoms with Crippen LogP contribution >= 0.6 is 11.8 Å². The number of carbonyl (C=O) groups excluding carboxylic acids is 1. The lowest BCUT2D eigenvalue weighted by atomic mass is 10.2. The van der Waals surface area contributed by atoms with E-state index in [0.717, 1.165) is 53.5 Å². The number of aromatic nitrogens is 2. The molecule has 1 aliphatic heterocycles. The first-order valence-corrected chi connectivity index (χ1v) is 9.84. The Labute approximate surface area is 161 Å². The monoisotopic (exact) mass is 380 g/mol. The fourth-order valence-corrected chi connectivity index (χ4v) is 3.80. The molecule has 4 rings (SSSR count). The average molecular weight is 380 g/mol. The van der Waals surface area contributed by atoms with E-state index < -0.39 is 0 Å². The number of morpholine rings is 1. The maximum Gasteiger partial charge on any atom is 0.234 e. The second-order valence-electron chi connectivity index (χ2n) is 6.22. The molecule has 1 fully saturated rings. The van der Waals surface area contributed by atoms with E-state index in [2.05, 4.69) is 20.4 Å². The molecule has 0 bridgehead atoms. The normalized spacial score (nSPS) is 14.3. The second kappa shape index (κ2) is 8.37. The molecular weight excluding hydrogens is 360 g/mol. The van der Waals surface area contributed by atoms with Crippen LogP contribution in [0.2, 0.25) is 0 Å². The molecule has 27 heavy (non-hydrogen) atoms. The van der Waals surface area contributed by atoms with Crippen molar-refractivity contribution in [3.05, 3.63) is 54.7 Å². The quantitative estimate of drug-likeness (QED) is 0.686. The molecule has 6 nitrogen and oxygen atoms in total. The van der Waals surface area contributed by atoms with Crippen LogP contribution in [0.25, 0.3) is 10.8 Å². The van der Waals surface area contributed by atoms with Crippen LogP contribution in [0.4, 0.5) is 11.4 Å². The van der Waals surface area contributed by atoms with Crippen molar-refractivity contribution in [2.75, 3.05) is 42.3 Å². The molecule has 0 aliphatic carbocycles. The number of anilines is 2. The highest BCUT2D eigenvalue weighted by Gasteiger charge is 2.12. The number of nitrogens with zero attached hydrogens (tertiary/aromatic N) is 3. The molecule has 2 heterocycles. The molecule has 0 radical (unpaired) electrons. The molecule has 1 amide bonds. The SMILES string of the molecule is O=C(CSc1nncc2ccccc12)Nc1ccc(N2CCOCC2)cc1. The Morgan fingerprint density at radius 2 is 1.89 bits per heavy atom. The van der Waals surface area contributed by atoms with Crippen molar-refractivity contribution >= 4 is 39.8 Å². The van der Waals surface area contributed by atoms with Crippen LogP contribution < -0.4 is 10.2 Å². The van der Waals surface area contributed by atoms with Crippen LogP contribution in [0, 0.1) is 0 Å². The van der Waals surface area contributed by atoms with Crippen molar-refractivity contribution in [2.45, 2.75) is 5.03 Å². The van der Waals surface area contributed by atoms with Crippen molar-refractivity contribution in [2.24, 2.45) is 0 Å². The van der Waals surface area contributed by atoms with E-state index in [1.165, 1.54) is 11.8 Å². The molecule has 0 unspecified atom stereocenters. The second-order valence-corrected chi connectivity index (χ2v) is 7.18. The van der Waals surface area contributed by atoms with Crippen LogP contribution in [0.3, 0.4) is 0 Å².